The van der Waals surface area contributed by atoms with Gasteiger partial charge in [0.05, 0.1) is 17.5 Å². The molecule has 1 N–H and O–H groups in total. The van der Waals surface area contributed by atoms with Crippen LogP contribution in [0.1, 0.15) is 78.8 Å². The molecule has 1 saturated heterocycles. The molecule has 1 atom stereocenters. The fourth-order valence-electron chi connectivity index (χ4n) is 5.43. The van der Waals surface area contributed by atoms with Gasteiger partial charge in [0.15, 0.2) is 0 Å². The minimum atomic E-state index is 0.00554. The van der Waals surface area contributed by atoms with E-state index in [9.17, 15) is 9.59 Å². The van der Waals surface area contributed by atoms with E-state index in [4.69, 9.17) is 4.98 Å². The van der Waals surface area contributed by atoms with E-state index in [1.807, 2.05) is 11.8 Å². The third-order valence-electron chi connectivity index (χ3n) is 7.28. The molecule has 1 saturated carbocycles. The van der Waals surface area contributed by atoms with Gasteiger partial charge in [-0.1, -0.05) is 19.3 Å². The van der Waals surface area contributed by atoms with E-state index >= 15 is 0 Å². The Morgan fingerprint density at radius 1 is 1.19 bits per heavy atom. The van der Waals surface area contributed by atoms with Crippen molar-refractivity contribution in [2.24, 2.45) is 0 Å². The van der Waals surface area contributed by atoms with Crippen molar-refractivity contribution >= 4 is 5.91 Å². The molecule has 1 amide bonds. The van der Waals surface area contributed by atoms with E-state index in [2.05, 4.69) is 15.0 Å². The zero-order valence-corrected chi connectivity index (χ0v) is 18.3. The van der Waals surface area contributed by atoms with Gasteiger partial charge >= 0.3 is 0 Å². The summed E-state index contributed by atoms with van der Waals surface area (Å²) < 4.78 is 1.77. The highest BCUT2D eigenvalue weighted by Crippen LogP contribution is 2.29. The quantitative estimate of drug-likeness (QED) is 0.814. The number of likely N-dealkylation sites (tertiary alicyclic amines) is 1. The predicted octanol–water partition coefficient (Wildman–Crippen LogP) is 2.31. The number of amides is 1. The lowest BCUT2D eigenvalue weighted by atomic mass is 9.92. The van der Waals surface area contributed by atoms with Crippen molar-refractivity contribution in [3.63, 3.8) is 0 Å². The van der Waals surface area contributed by atoms with Crippen LogP contribution in [0.5, 0.6) is 0 Å². The van der Waals surface area contributed by atoms with Crippen LogP contribution in [-0.4, -0.2) is 61.1 Å². The van der Waals surface area contributed by atoms with E-state index in [1.165, 1.54) is 32.1 Å². The van der Waals surface area contributed by atoms with Gasteiger partial charge in [0.1, 0.15) is 5.82 Å². The Kier molecular flexibility index (Phi) is 5.65. The fraction of sp³-hybridized carbons (Fsp3) is 0.652. The van der Waals surface area contributed by atoms with Crippen LogP contribution >= 0.6 is 0 Å². The van der Waals surface area contributed by atoms with Crippen LogP contribution in [-0.2, 0) is 19.5 Å². The summed E-state index contributed by atoms with van der Waals surface area (Å²) in [6.45, 7) is 5.75. The van der Waals surface area contributed by atoms with Crippen molar-refractivity contribution in [2.75, 3.05) is 19.6 Å². The Bertz CT molecular complexity index is 1010. The van der Waals surface area contributed by atoms with Gasteiger partial charge < -0.3 is 9.88 Å². The number of hydrogen-bond acceptors (Lipinski definition) is 5. The van der Waals surface area contributed by atoms with Crippen LogP contribution in [0.15, 0.2) is 17.2 Å². The molecule has 0 bridgehead atoms. The normalized spacial score (nSPS) is 22.6. The first-order valence-corrected chi connectivity index (χ1v) is 11.8. The number of H-pyrrole nitrogens is 1. The van der Waals surface area contributed by atoms with Gasteiger partial charge in [-0.05, 0) is 32.6 Å². The maximum atomic E-state index is 12.8. The zero-order valence-electron chi connectivity index (χ0n) is 18.3. The Balaban J connectivity index is 1.30. The van der Waals surface area contributed by atoms with Crippen molar-refractivity contribution in [2.45, 2.75) is 76.9 Å². The van der Waals surface area contributed by atoms with E-state index in [1.54, 1.807) is 17.1 Å². The second kappa shape index (κ2) is 8.57. The van der Waals surface area contributed by atoms with Crippen molar-refractivity contribution in [1.29, 1.82) is 0 Å². The lowest BCUT2D eigenvalue weighted by molar-refractivity contribution is 0.0790. The van der Waals surface area contributed by atoms with Crippen LogP contribution in [0.25, 0.3) is 0 Å². The number of carbonyl (C=O) groups excluding carboxylic acids is 1. The summed E-state index contributed by atoms with van der Waals surface area (Å²) in [5, 5.41) is 4.21. The number of nitrogens with zero attached hydrogens (tertiary/aromatic N) is 5. The smallest absolute Gasteiger partial charge is 0.257 e. The third-order valence-corrected chi connectivity index (χ3v) is 7.28. The molecule has 0 aromatic carbocycles. The topological polar surface area (TPSA) is 87.1 Å². The monoisotopic (exact) mass is 424 g/mol. The average molecular weight is 425 g/mol. The Morgan fingerprint density at radius 2 is 2.03 bits per heavy atom. The number of aryl methyl sites for hydroxylation is 1. The highest BCUT2D eigenvalue weighted by Gasteiger charge is 2.32. The number of aromatic amines is 1. The van der Waals surface area contributed by atoms with E-state index in [-0.39, 0.29) is 17.4 Å². The summed E-state index contributed by atoms with van der Waals surface area (Å²) in [6, 6.07) is 0.634. The maximum Gasteiger partial charge on any atom is 0.257 e. The lowest BCUT2D eigenvalue weighted by Crippen LogP contribution is -2.42. The van der Waals surface area contributed by atoms with Crippen LogP contribution in [0.4, 0.5) is 0 Å². The molecule has 1 aliphatic carbocycles. The van der Waals surface area contributed by atoms with Gasteiger partial charge in [0, 0.05) is 56.4 Å². The first kappa shape index (κ1) is 20.4. The van der Waals surface area contributed by atoms with Crippen LogP contribution in [0, 0.1) is 0 Å². The molecule has 2 aliphatic heterocycles. The van der Waals surface area contributed by atoms with Gasteiger partial charge in [-0.15, -0.1) is 0 Å². The van der Waals surface area contributed by atoms with Gasteiger partial charge in [-0.3, -0.25) is 19.2 Å². The first-order chi connectivity index (χ1) is 15.1. The molecule has 4 heterocycles. The highest BCUT2D eigenvalue weighted by molar-refractivity contribution is 5.94. The molecule has 2 aromatic rings. The number of fused-ring (bicyclic) bond motifs is 1. The van der Waals surface area contributed by atoms with E-state index in [0.717, 1.165) is 49.6 Å². The summed E-state index contributed by atoms with van der Waals surface area (Å²) in [4.78, 5) is 38.0. The Morgan fingerprint density at radius 3 is 2.81 bits per heavy atom. The standard InChI is InChI=1S/C23H32N6O2/c1-2-29-14-17(12-24-29)23(31)28-10-8-16(13-28)21-25-20-15-27(18-6-4-3-5-7-18)11-9-19(20)22(30)26-21/h12,14,16,18H,2-11,13,15H2,1H3,(H,25,26,30)/t16-/m0/s1. The molecule has 3 aliphatic rings. The number of aromatic nitrogens is 4. The van der Waals surface area contributed by atoms with E-state index in [0.29, 0.717) is 24.7 Å². The van der Waals surface area contributed by atoms with E-state index < -0.39 is 0 Å². The Hall–Kier alpha value is -2.48. The molecule has 31 heavy (non-hydrogen) atoms. The second-order valence-electron chi connectivity index (χ2n) is 9.21. The molecule has 2 fully saturated rings. The second-order valence-corrected chi connectivity index (χ2v) is 9.21. The molecule has 8 nitrogen and oxygen atoms in total. The summed E-state index contributed by atoms with van der Waals surface area (Å²) in [5.41, 5.74) is 2.44. The van der Waals surface area contributed by atoms with Crippen molar-refractivity contribution in [1.82, 2.24) is 29.5 Å². The van der Waals surface area contributed by atoms with Gasteiger partial charge in [0.2, 0.25) is 0 Å². The highest BCUT2D eigenvalue weighted by atomic mass is 16.2. The van der Waals surface area contributed by atoms with Crippen LogP contribution < -0.4 is 5.56 Å². The molecule has 0 unspecified atom stereocenters. The molecule has 5 rings (SSSR count). The van der Waals surface area contributed by atoms with Crippen molar-refractivity contribution < 1.29 is 4.79 Å². The summed E-state index contributed by atoms with van der Waals surface area (Å²) >= 11 is 0. The minimum absolute atomic E-state index is 0.00554. The number of hydrogen-bond donors (Lipinski definition) is 1. The lowest BCUT2D eigenvalue weighted by Gasteiger charge is -2.37. The maximum absolute atomic E-state index is 12.8. The first-order valence-electron chi connectivity index (χ1n) is 11.8. The SMILES string of the molecule is CCn1cc(C(=O)N2CC[C@H](c3nc4c(c(=O)[nH]3)CCN(C3CCCCC3)C4)C2)cn1. The Labute approximate surface area is 182 Å². The summed E-state index contributed by atoms with van der Waals surface area (Å²) in [6.07, 6.45) is 11.5. The molecule has 8 heteroatoms. The van der Waals surface area contributed by atoms with Crippen molar-refractivity contribution in [3.05, 3.63) is 45.4 Å². The summed E-state index contributed by atoms with van der Waals surface area (Å²) in [5.74, 6) is 0.827. The van der Waals surface area contributed by atoms with Gasteiger partial charge in [-0.2, -0.15) is 5.10 Å². The third kappa shape index (κ3) is 4.05. The molecule has 2 aromatic heterocycles. The van der Waals surface area contributed by atoms with Crippen molar-refractivity contribution in [3.8, 4) is 0 Å². The molecular weight excluding hydrogens is 392 g/mol. The average Bonchev–Trinajstić information content (AvgIpc) is 3.49. The van der Waals surface area contributed by atoms with Gasteiger partial charge in [0.25, 0.3) is 11.5 Å². The number of carbonyl (C=O) groups is 1. The zero-order chi connectivity index (χ0) is 21.4. The summed E-state index contributed by atoms with van der Waals surface area (Å²) in [7, 11) is 0. The minimum Gasteiger partial charge on any atom is -0.338 e. The molecular formula is C23H32N6O2. The van der Waals surface area contributed by atoms with Crippen LogP contribution in [0.3, 0.4) is 0 Å². The fourth-order valence-corrected chi connectivity index (χ4v) is 5.43. The number of rotatable bonds is 4. The molecule has 0 spiro atoms. The molecule has 0 radical (unpaired) electrons. The molecule has 166 valence electrons. The predicted molar refractivity (Wildman–Crippen MR) is 117 cm³/mol. The number of nitrogens with one attached hydrogen (secondary N) is 1. The van der Waals surface area contributed by atoms with Crippen LogP contribution in [0.2, 0.25) is 0 Å². The van der Waals surface area contributed by atoms with Gasteiger partial charge in [-0.25, -0.2) is 4.98 Å². The largest absolute Gasteiger partial charge is 0.338 e.